The molecule has 0 bridgehead atoms. The third kappa shape index (κ3) is 5.49. The van der Waals surface area contributed by atoms with E-state index in [2.05, 4.69) is 33.4 Å². The lowest BCUT2D eigenvalue weighted by atomic mass is 10.2. The highest BCUT2D eigenvalue weighted by molar-refractivity contribution is 9.10. The SMILES string of the molecule is CCc1cccc(OCC(=O)N/N=C/c2cc(Br)c(OC)c(OC)c2)c1. The molecule has 2 aromatic carbocycles. The molecule has 0 fully saturated rings. The fourth-order valence-electron chi connectivity index (χ4n) is 2.23. The predicted octanol–water partition coefficient (Wildman–Crippen LogP) is 3.56. The van der Waals surface area contributed by atoms with Gasteiger partial charge in [0.1, 0.15) is 5.75 Å². The molecule has 7 heteroatoms. The molecule has 0 saturated carbocycles. The number of carbonyl (C=O) groups is 1. The van der Waals surface area contributed by atoms with E-state index in [0.29, 0.717) is 17.2 Å². The van der Waals surface area contributed by atoms with Gasteiger partial charge >= 0.3 is 0 Å². The van der Waals surface area contributed by atoms with Gasteiger partial charge in [0.2, 0.25) is 0 Å². The Labute approximate surface area is 161 Å². The van der Waals surface area contributed by atoms with Crippen molar-refractivity contribution >= 4 is 28.1 Å². The average Bonchev–Trinajstić information content (AvgIpc) is 2.66. The van der Waals surface area contributed by atoms with Crippen molar-refractivity contribution in [3.05, 3.63) is 52.0 Å². The lowest BCUT2D eigenvalue weighted by molar-refractivity contribution is -0.123. The highest BCUT2D eigenvalue weighted by Crippen LogP contribution is 2.35. The number of hydrazone groups is 1. The molecule has 0 aliphatic carbocycles. The second-order valence-electron chi connectivity index (χ2n) is 5.32. The minimum atomic E-state index is -0.345. The number of amides is 1. The monoisotopic (exact) mass is 420 g/mol. The number of hydrogen-bond acceptors (Lipinski definition) is 5. The summed E-state index contributed by atoms with van der Waals surface area (Å²) in [4.78, 5) is 11.8. The summed E-state index contributed by atoms with van der Waals surface area (Å²) in [6.45, 7) is 1.95. The Morgan fingerprint density at radius 2 is 2.04 bits per heavy atom. The molecule has 1 N–H and O–H groups in total. The van der Waals surface area contributed by atoms with Crippen LogP contribution in [-0.4, -0.2) is 32.9 Å². The van der Waals surface area contributed by atoms with E-state index in [1.165, 1.54) is 6.21 Å². The van der Waals surface area contributed by atoms with Crippen molar-refractivity contribution in [3.63, 3.8) is 0 Å². The van der Waals surface area contributed by atoms with Crippen LogP contribution in [0.5, 0.6) is 17.2 Å². The number of methoxy groups -OCH3 is 2. The zero-order valence-electron chi connectivity index (χ0n) is 14.9. The van der Waals surface area contributed by atoms with E-state index in [1.807, 2.05) is 30.3 Å². The molecular weight excluding hydrogens is 400 g/mol. The predicted molar refractivity (Wildman–Crippen MR) is 104 cm³/mol. The molecule has 2 rings (SSSR count). The van der Waals surface area contributed by atoms with Gasteiger partial charge in [-0.25, -0.2) is 5.43 Å². The number of nitrogens with zero attached hydrogens (tertiary/aromatic N) is 1. The Morgan fingerprint density at radius 3 is 2.73 bits per heavy atom. The zero-order valence-corrected chi connectivity index (χ0v) is 16.5. The largest absolute Gasteiger partial charge is 0.493 e. The topological polar surface area (TPSA) is 69.2 Å². The third-order valence-corrected chi connectivity index (χ3v) is 4.12. The van der Waals surface area contributed by atoms with Crippen molar-refractivity contribution in [3.8, 4) is 17.2 Å². The Bertz CT molecular complexity index is 793. The molecule has 0 radical (unpaired) electrons. The summed E-state index contributed by atoms with van der Waals surface area (Å²) >= 11 is 3.41. The van der Waals surface area contributed by atoms with Gasteiger partial charge in [-0.3, -0.25) is 4.79 Å². The first-order valence-electron chi connectivity index (χ1n) is 8.02. The van der Waals surface area contributed by atoms with E-state index in [4.69, 9.17) is 14.2 Å². The summed E-state index contributed by atoms with van der Waals surface area (Å²) in [5.41, 5.74) is 4.33. The first-order valence-corrected chi connectivity index (χ1v) is 8.81. The van der Waals surface area contributed by atoms with Crippen molar-refractivity contribution in [2.24, 2.45) is 5.10 Å². The van der Waals surface area contributed by atoms with Crippen molar-refractivity contribution in [2.75, 3.05) is 20.8 Å². The van der Waals surface area contributed by atoms with E-state index in [1.54, 1.807) is 20.3 Å². The third-order valence-electron chi connectivity index (χ3n) is 3.54. The highest BCUT2D eigenvalue weighted by atomic mass is 79.9. The van der Waals surface area contributed by atoms with Crippen molar-refractivity contribution in [1.29, 1.82) is 0 Å². The van der Waals surface area contributed by atoms with Crippen molar-refractivity contribution in [1.82, 2.24) is 5.43 Å². The van der Waals surface area contributed by atoms with Gasteiger partial charge in [-0.05, 0) is 57.7 Å². The molecule has 0 atom stereocenters. The van der Waals surface area contributed by atoms with Crippen LogP contribution in [0.2, 0.25) is 0 Å². The smallest absolute Gasteiger partial charge is 0.277 e. The molecule has 0 aliphatic rings. The van der Waals surface area contributed by atoms with Gasteiger partial charge in [0, 0.05) is 0 Å². The molecular formula is C19H21BrN2O4. The number of carbonyl (C=O) groups excluding carboxylic acids is 1. The van der Waals surface area contributed by atoms with Crippen molar-refractivity contribution < 1.29 is 19.0 Å². The number of benzene rings is 2. The lowest BCUT2D eigenvalue weighted by Crippen LogP contribution is -2.24. The summed E-state index contributed by atoms with van der Waals surface area (Å²) in [6.07, 6.45) is 2.43. The summed E-state index contributed by atoms with van der Waals surface area (Å²) < 4.78 is 16.7. The van der Waals surface area contributed by atoms with Crippen LogP contribution in [0.3, 0.4) is 0 Å². The van der Waals surface area contributed by atoms with Gasteiger partial charge in [0.25, 0.3) is 5.91 Å². The fourth-order valence-corrected chi connectivity index (χ4v) is 2.85. The van der Waals surface area contributed by atoms with E-state index < -0.39 is 0 Å². The number of nitrogens with one attached hydrogen (secondary N) is 1. The molecule has 26 heavy (non-hydrogen) atoms. The summed E-state index contributed by atoms with van der Waals surface area (Å²) in [5.74, 6) is 1.47. The van der Waals surface area contributed by atoms with Gasteiger partial charge in [-0.1, -0.05) is 19.1 Å². The molecule has 138 valence electrons. The minimum Gasteiger partial charge on any atom is -0.493 e. The lowest BCUT2D eigenvalue weighted by Gasteiger charge is -2.10. The molecule has 0 aliphatic heterocycles. The molecule has 6 nitrogen and oxygen atoms in total. The average molecular weight is 421 g/mol. The van der Waals surface area contributed by atoms with Gasteiger partial charge in [-0.2, -0.15) is 5.10 Å². The zero-order chi connectivity index (χ0) is 18.9. The summed E-state index contributed by atoms with van der Waals surface area (Å²) in [7, 11) is 3.12. The van der Waals surface area contributed by atoms with E-state index in [9.17, 15) is 4.79 Å². The first kappa shape index (κ1) is 19.8. The normalized spacial score (nSPS) is 10.6. The van der Waals surface area contributed by atoms with E-state index in [-0.39, 0.29) is 12.5 Å². The molecule has 0 spiro atoms. The number of ether oxygens (including phenoxy) is 3. The van der Waals surface area contributed by atoms with Crippen LogP contribution in [0, 0.1) is 0 Å². The molecule has 1 amide bonds. The standard InChI is InChI=1S/C19H21BrN2O4/c1-4-13-6-5-7-15(8-13)26-12-18(23)22-21-11-14-9-16(20)19(25-3)17(10-14)24-2/h5-11H,4,12H2,1-3H3,(H,22,23)/b21-11+. The van der Waals surface area contributed by atoms with Crippen molar-refractivity contribution in [2.45, 2.75) is 13.3 Å². The van der Waals surface area contributed by atoms with Gasteiger partial charge in [-0.15, -0.1) is 0 Å². The van der Waals surface area contributed by atoms with Crippen LogP contribution in [-0.2, 0) is 11.2 Å². The first-order chi connectivity index (χ1) is 12.6. The van der Waals surface area contributed by atoms with E-state index in [0.717, 1.165) is 22.0 Å². The Hall–Kier alpha value is -2.54. The van der Waals surface area contributed by atoms with Gasteiger partial charge in [0.15, 0.2) is 18.1 Å². The maximum absolute atomic E-state index is 11.8. The fraction of sp³-hybridized carbons (Fsp3) is 0.263. The number of aryl methyl sites for hydroxylation is 1. The molecule has 0 unspecified atom stereocenters. The van der Waals surface area contributed by atoms with Crippen LogP contribution >= 0.6 is 15.9 Å². The quantitative estimate of drug-likeness (QED) is 0.523. The van der Waals surface area contributed by atoms with Gasteiger partial charge < -0.3 is 14.2 Å². The van der Waals surface area contributed by atoms with Crippen LogP contribution in [0.4, 0.5) is 0 Å². The Balaban J connectivity index is 1.91. The van der Waals surface area contributed by atoms with Gasteiger partial charge in [0.05, 0.1) is 24.9 Å². The number of hydrogen-bond donors (Lipinski definition) is 1. The minimum absolute atomic E-state index is 0.111. The molecule has 0 saturated heterocycles. The second-order valence-corrected chi connectivity index (χ2v) is 6.18. The molecule has 2 aromatic rings. The summed E-state index contributed by atoms with van der Waals surface area (Å²) in [6, 6.07) is 11.2. The Morgan fingerprint density at radius 1 is 1.23 bits per heavy atom. The maximum atomic E-state index is 11.8. The number of halogens is 1. The number of rotatable bonds is 8. The maximum Gasteiger partial charge on any atom is 0.277 e. The second kappa shape index (κ2) is 9.82. The van der Waals surface area contributed by atoms with Crippen LogP contribution in [0.1, 0.15) is 18.1 Å². The Kier molecular flexibility index (Phi) is 7.47. The van der Waals surface area contributed by atoms with Crippen LogP contribution in [0.25, 0.3) is 0 Å². The molecule has 0 aromatic heterocycles. The van der Waals surface area contributed by atoms with E-state index >= 15 is 0 Å². The summed E-state index contributed by atoms with van der Waals surface area (Å²) in [5, 5.41) is 3.94. The van der Waals surface area contributed by atoms with Crippen LogP contribution in [0.15, 0.2) is 46.0 Å². The van der Waals surface area contributed by atoms with Crippen LogP contribution < -0.4 is 19.6 Å². The molecule has 0 heterocycles. The highest BCUT2D eigenvalue weighted by Gasteiger charge is 2.09.